The Morgan fingerprint density at radius 2 is 1.76 bits per heavy atom. The van der Waals surface area contributed by atoms with E-state index in [2.05, 4.69) is 39.9 Å². The zero-order valence-corrected chi connectivity index (χ0v) is 19.3. The maximum atomic E-state index is 13.2. The van der Waals surface area contributed by atoms with Crippen LogP contribution in [-0.2, 0) is 17.8 Å². The van der Waals surface area contributed by atoms with E-state index in [1.807, 2.05) is 21.9 Å². The Bertz CT molecular complexity index is 1020. The Morgan fingerprint density at radius 3 is 2.48 bits per heavy atom. The van der Waals surface area contributed by atoms with Gasteiger partial charge < -0.3 is 20.4 Å². The lowest BCUT2D eigenvalue weighted by Gasteiger charge is -2.45. The van der Waals surface area contributed by atoms with Crippen LogP contribution in [0.5, 0.6) is 0 Å². The van der Waals surface area contributed by atoms with E-state index < -0.39 is 0 Å². The molecular formula is C26H33N5O2. The minimum Gasteiger partial charge on any atom is -0.367 e. The van der Waals surface area contributed by atoms with Gasteiger partial charge in [0.1, 0.15) is 5.82 Å². The molecule has 7 nitrogen and oxygen atoms in total. The number of piperidine rings is 2. The lowest BCUT2D eigenvalue weighted by Crippen LogP contribution is -2.57. The predicted molar refractivity (Wildman–Crippen MR) is 128 cm³/mol. The molecule has 5 rings (SSSR count). The van der Waals surface area contributed by atoms with Crippen LogP contribution in [0.3, 0.4) is 0 Å². The molecule has 2 amide bonds. The van der Waals surface area contributed by atoms with Crippen molar-refractivity contribution in [2.24, 2.45) is 0 Å². The van der Waals surface area contributed by atoms with Gasteiger partial charge in [0.05, 0.1) is 0 Å². The fraction of sp³-hybridized carbons (Fsp3) is 0.500. The van der Waals surface area contributed by atoms with E-state index in [0.29, 0.717) is 5.56 Å². The van der Waals surface area contributed by atoms with Gasteiger partial charge in [-0.3, -0.25) is 9.59 Å². The molecule has 1 aromatic carbocycles. The van der Waals surface area contributed by atoms with Crippen molar-refractivity contribution in [1.82, 2.24) is 20.1 Å². The molecule has 0 saturated carbocycles. The molecule has 2 N–H and O–H groups in total. The largest absolute Gasteiger partial charge is 0.367 e. The number of anilines is 1. The standard InChI is InChI=1S/C26H33N5O2/c1-19(32)30-12-7-23(8-13-30)29-24-16-20(6-11-27-24)25(33)31-14-9-26(10-15-31)17-21-4-2-3-5-22(21)18-28-26/h2-6,11,16,23,28H,7-10,12-15,17-18H2,1H3,(H,27,29). The number of carbonyl (C=O) groups is 2. The minimum atomic E-state index is 0.0814. The molecule has 0 bridgehead atoms. The number of hydrogen-bond donors (Lipinski definition) is 2. The van der Waals surface area contributed by atoms with Crippen LogP contribution < -0.4 is 10.6 Å². The van der Waals surface area contributed by atoms with Gasteiger partial charge in [0.2, 0.25) is 5.91 Å². The molecule has 0 radical (unpaired) electrons. The third kappa shape index (κ3) is 4.74. The van der Waals surface area contributed by atoms with Crippen molar-refractivity contribution in [3.8, 4) is 0 Å². The monoisotopic (exact) mass is 447 g/mol. The quantitative estimate of drug-likeness (QED) is 0.757. The number of carbonyl (C=O) groups excluding carboxylic acids is 2. The number of hydrogen-bond acceptors (Lipinski definition) is 5. The van der Waals surface area contributed by atoms with Gasteiger partial charge in [0.15, 0.2) is 0 Å². The minimum absolute atomic E-state index is 0.0814. The summed E-state index contributed by atoms with van der Waals surface area (Å²) in [5.74, 6) is 0.953. The number of pyridine rings is 1. The SMILES string of the molecule is CC(=O)N1CCC(Nc2cc(C(=O)N3CCC4(CC3)Cc3ccccc3CN4)ccn2)CC1. The first-order valence-electron chi connectivity index (χ1n) is 12.1. The summed E-state index contributed by atoms with van der Waals surface area (Å²) in [6, 6.07) is 12.6. The molecule has 0 aliphatic carbocycles. The van der Waals surface area contributed by atoms with Crippen molar-refractivity contribution in [2.75, 3.05) is 31.5 Å². The fourth-order valence-electron chi connectivity index (χ4n) is 5.48. The Hall–Kier alpha value is -2.93. The van der Waals surface area contributed by atoms with Gasteiger partial charge in [-0.25, -0.2) is 4.98 Å². The molecule has 3 aliphatic heterocycles. The summed E-state index contributed by atoms with van der Waals surface area (Å²) in [5.41, 5.74) is 3.62. The molecule has 2 aromatic rings. The number of likely N-dealkylation sites (tertiary alicyclic amines) is 2. The number of nitrogens with one attached hydrogen (secondary N) is 2. The first-order chi connectivity index (χ1) is 16.0. The molecule has 4 heterocycles. The number of aromatic nitrogens is 1. The van der Waals surface area contributed by atoms with E-state index in [9.17, 15) is 9.59 Å². The van der Waals surface area contributed by atoms with Crippen molar-refractivity contribution in [3.05, 3.63) is 59.3 Å². The predicted octanol–water partition coefficient (Wildman–Crippen LogP) is 2.83. The lowest BCUT2D eigenvalue weighted by atomic mass is 9.78. The van der Waals surface area contributed by atoms with Crippen molar-refractivity contribution in [1.29, 1.82) is 0 Å². The van der Waals surface area contributed by atoms with E-state index >= 15 is 0 Å². The van der Waals surface area contributed by atoms with Crippen molar-refractivity contribution in [3.63, 3.8) is 0 Å². The van der Waals surface area contributed by atoms with Gasteiger partial charge in [0, 0.05) is 63.0 Å². The average molecular weight is 448 g/mol. The summed E-state index contributed by atoms with van der Waals surface area (Å²) >= 11 is 0. The maximum Gasteiger partial charge on any atom is 0.254 e. The van der Waals surface area contributed by atoms with Crippen LogP contribution in [0.4, 0.5) is 5.82 Å². The van der Waals surface area contributed by atoms with E-state index in [4.69, 9.17) is 0 Å². The van der Waals surface area contributed by atoms with E-state index in [1.165, 1.54) is 11.1 Å². The van der Waals surface area contributed by atoms with Crippen LogP contribution in [-0.4, -0.2) is 64.4 Å². The first-order valence-corrected chi connectivity index (χ1v) is 12.1. The van der Waals surface area contributed by atoms with Crippen LogP contribution in [0.1, 0.15) is 54.1 Å². The number of rotatable bonds is 3. The topological polar surface area (TPSA) is 77.6 Å². The van der Waals surface area contributed by atoms with Crippen molar-refractivity contribution < 1.29 is 9.59 Å². The highest BCUT2D eigenvalue weighted by molar-refractivity contribution is 5.95. The van der Waals surface area contributed by atoms with Crippen molar-refractivity contribution in [2.45, 2.75) is 57.2 Å². The zero-order valence-electron chi connectivity index (χ0n) is 19.3. The molecule has 174 valence electrons. The second-order valence-electron chi connectivity index (χ2n) is 9.73. The smallest absolute Gasteiger partial charge is 0.254 e. The third-order valence-electron chi connectivity index (χ3n) is 7.61. The molecule has 3 aliphatic rings. The van der Waals surface area contributed by atoms with E-state index in [0.717, 1.165) is 70.6 Å². The fourth-order valence-corrected chi connectivity index (χ4v) is 5.48. The van der Waals surface area contributed by atoms with E-state index in [-0.39, 0.29) is 23.4 Å². The summed E-state index contributed by atoms with van der Waals surface area (Å²) in [5, 5.41) is 7.24. The second-order valence-corrected chi connectivity index (χ2v) is 9.73. The molecule has 0 unspecified atom stereocenters. The normalized spacial score (nSPS) is 20.4. The highest BCUT2D eigenvalue weighted by Gasteiger charge is 2.38. The first kappa shape index (κ1) is 21.9. The molecule has 2 fully saturated rings. The van der Waals surface area contributed by atoms with Gasteiger partial charge >= 0.3 is 0 Å². The van der Waals surface area contributed by atoms with E-state index in [1.54, 1.807) is 13.1 Å². The summed E-state index contributed by atoms with van der Waals surface area (Å²) in [6.07, 6.45) is 6.48. The molecular weight excluding hydrogens is 414 g/mol. The number of benzene rings is 1. The number of amides is 2. The van der Waals surface area contributed by atoms with Crippen LogP contribution in [0.2, 0.25) is 0 Å². The summed E-state index contributed by atoms with van der Waals surface area (Å²) in [4.78, 5) is 33.1. The van der Waals surface area contributed by atoms with Gasteiger partial charge in [0.25, 0.3) is 5.91 Å². The van der Waals surface area contributed by atoms with Gasteiger partial charge in [-0.2, -0.15) is 0 Å². The van der Waals surface area contributed by atoms with Crippen molar-refractivity contribution >= 4 is 17.6 Å². The second kappa shape index (κ2) is 9.14. The van der Waals surface area contributed by atoms with Crippen LogP contribution in [0, 0.1) is 0 Å². The molecule has 33 heavy (non-hydrogen) atoms. The number of fused-ring (bicyclic) bond motifs is 1. The number of nitrogens with zero attached hydrogens (tertiary/aromatic N) is 3. The van der Waals surface area contributed by atoms with Gasteiger partial charge in [-0.1, -0.05) is 24.3 Å². The Balaban J connectivity index is 1.18. The third-order valence-corrected chi connectivity index (χ3v) is 7.61. The zero-order chi connectivity index (χ0) is 22.8. The molecule has 2 saturated heterocycles. The van der Waals surface area contributed by atoms with Crippen LogP contribution >= 0.6 is 0 Å². The Labute approximate surface area is 195 Å². The summed E-state index contributed by atoms with van der Waals surface area (Å²) < 4.78 is 0. The summed E-state index contributed by atoms with van der Waals surface area (Å²) in [7, 11) is 0. The lowest BCUT2D eigenvalue weighted by molar-refractivity contribution is -0.129. The van der Waals surface area contributed by atoms with Gasteiger partial charge in [-0.15, -0.1) is 0 Å². The van der Waals surface area contributed by atoms with Crippen LogP contribution in [0.15, 0.2) is 42.6 Å². The average Bonchev–Trinajstić information content (AvgIpc) is 2.84. The Kier molecular flexibility index (Phi) is 6.06. The molecule has 1 aromatic heterocycles. The maximum absolute atomic E-state index is 13.2. The highest BCUT2D eigenvalue weighted by Crippen LogP contribution is 2.32. The van der Waals surface area contributed by atoms with Gasteiger partial charge in [-0.05, 0) is 55.4 Å². The molecule has 7 heteroatoms. The summed E-state index contributed by atoms with van der Waals surface area (Å²) in [6.45, 7) is 5.59. The van der Waals surface area contributed by atoms with Crippen LogP contribution in [0.25, 0.3) is 0 Å². The molecule has 0 atom stereocenters. The molecule has 1 spiro atoms. The Morgan fingerprint density at radius 1 is 1.03 bits per heavy atom. The highest BCUT2D eigenvalue weighted by atomic mass is 16.2.